The summed E-state index contributed by atoms with van der Waals surface area (Å²) in [6.45, 7) is -0.0147. The first-order valence-electron chi connectivity index (χ1n) is 5.27. The van der Waals surface area contributed by atoms with Crippen molar-refractivity contribution in [2.24, 2.45) is 0 Å². The van der Waals surface area contributed by atoms with Gasteiger partial charge in [0.05, 0.1) is 17.8 Å². The van der Waals surface area contributed by atoms with Gasteiger partial charge in [-0.3, -0.25) is 0 Å². The van der Waals surface area contributed by atoms with Crippen LogP contribution in [0.25, 0.3) is 21.7 Å². The minimum Gasteiger partial charge on any atom is -0.390 e. The van der Waals surface area contributed by atoms with E-state index in [2.05, 4.69) is 29.2 Å². The minimum atomic E-state index is -0.0147. The van der Waals surface area contributed by atoms with Gasteiger partial charge in [0.25, 0.3) is 0 Å². The zero-order valence-corrected chi connectivity index (χ0v) is 8.72. The summed E-state index contributed by atoms with van der Waals surface area (Å²) in [5, 5.41) is 12.5. The van der Waals surface area contributed by atoms with E-state index in [1.807, 2.05) is 24.3 Å². The van der Waals surface area contributed by atoms with E-state index in [1.165, 1.54) is 5.39 Å². The lowest BCUT2D eigenvalue weighted by atomic mass is 10.1. The average molecular weight is 209 g/mol. The quantitative estimate of drug-likeness (QED) is 0.625. The molecule has 2 heteroatoms. The molecule has 0 aliphatic rings. The lowest BCUT2D eigenvalue weighted by Gasteiger charge is -2.04. The van der Waals surface area contributed by atoms with E-state index >= 15 is 0 Å². The van der Waals surface area contributed by atoms with Crippen LogP contribution in [0.15, 0.2) is 48.5 Å². The number of pyridine rings is 1. The summed E-state index contributed by atoms with van der Waals surface area (Å²) in [7, 11) is 0. The van der Waals surface area contributed by atoms with Crippen LogP contribution in [-0.2, 0) is 6.61 Å². The van der Waals surface area contributed by atoms with Gasteiger partial charge < -0.3 is 5.11 Å². The van der Waals surface area contributed by atoms with E-state index in [-0.39, 0.29) is 6.61 Å². The predicted octanol–water partition coefficient (Wildman–Crippen LogP) is 2.88. The summed E-state index contributed by atoms with van der Waals surface area (Å²) in [6, 6.07) is 16.2. The molecular weight excluding hydrogens is 198 g/mol. The molecule has 0 amide bonds. The molecule has 0 saturated carbocycles. The average Bonchev–Trinajstić information content (AvgIpc) is 2.38. The van der Waals surface area contributed by atoms with Crippen LogP contribution in [0.2, 0.25) is 0 Å². The zero-order valence-electron chi connectivity index (χ0n) is 8.72. The van der Waals surface area contributed by atoms with Gasteiger partial charge in [-0.25, -0.2) is 4.98 Å². The number of hydrogen-bond acceptors (Lipinski definition) is 2. The molecular formula is C14H11NO. The Kier molecular flexibility index (Phi) is 2.08. The molecule has 0 unspecified atom stereocenters. The van der Waals surface area contributed by atoms with Crippen molar-refractivity contribution < 1.29 is 5.11 Å². The lowest BCUT2D eigenvalue weighted by Crippen LogP contribution is -1.90. The molecule has 3 aromatic rings. The summed E-state index contributed by atoms with van der Waals surface area (Å²) >= 11 is 0. The standard InChI is InChI=1S/C14H11NO/c16-9-12-8-7-11-6-5-10-3-1-2-4-13(10)14(11)15-12/h1-8,16H,9H2. The number of benzene rings is 2. The van der Waals surface area contributed by atoms with E-state index in [9.17, 15) is 0 Å². The van der Waals surface area contributed by atoms with E-state index in [4.69, 9.17) is 5.11 Å². The van der Waals surface area contributed by atoms with Crippen LogP contribution in [0.1, 0.15) is 5.69 Å². The molecule has 0 fully saturated rings. The van der Waals surface area contributed by atoms with Gasteiger partial charge in [-0.05, 0) is 11.5 Å². The number of aliphatic hydroxyl groups excluding tert-OH is 1. The molecule has 0 saturated heterocycles. The maximum Gasteiger partial charge on any atom is 0.0853 e. The molecule has 16 heavy (non-hydrogen) atoms. The molecule has 3 rings (SSSR count). The van der Waals surface area contributed by atoms with Crippen molar-refractivity contribution in [1.29, 1.82) is 0 Å². The Labute approximate surface area is 93.2 Å². The maximum absolute atomic E-state index is 9.11. The van der Waals surface area contributed by atoms with Crippen LogP contribution in [0.3, 0.4) is 0 Å². The summed E-state index contributed by atoms with van der Waals surface area (Å²) in [6.07, 6.45) is 0. The van der Waals surface area contributed by atoms with Crippen molar-refractivity contribution in [3.05, 3.63) is 54.2 Å². The van der Waals surface area contributed by atoms with Crippen molar-refractivity contribution in [3.63, 3.8) is 0 Å². The molecule has 1 aromatic heterocycles. The fourth-order valence-electron chi connectivity index (χ4n) is 1.99. The third-order valence-corrected chi connectivity index (χ3v) is 2.80. The van der Waals surface area contributed by atoms with Gasteiger partial charge in [0, 0.05) is 10.8 Å². The fraction of sp³-hybridized carbons (Fsp3) is 0.0714. The number of aliphatic hydroxyl groups is 1. The third-order valence-electron chi connectivity index (χ3n) is 2.80. The number of nitrogens with zero attached hydrogens (tertiary/aromatic N) is 1. The van der Waals surface area contributed by atoms with Crippen molar-refractivity contribution in [1.82, 2.24) is 4.98 Å². The number of fused-ring (bicyclic) bond motifs is 3. The molecule has 1 N–H and O–H groups in total. The normalized spacial score (nSPS) is 11.1. The second-order valence-corrected chi connectivity index (χ2v) is 3.82. The van der Waals surface area contributed by atoms with Gasteiger partial charge in [-0.1, -0.05) is 42.5 Å². The number of rotatable bonds is 1. The number of hydrogen-bond donors (Lipinski definition) is 1. The van der Waals surface area contributed by atoms with Gasteiger partial charge in [0.15, 0.2) is 0 Å². The molecule has 78 valence electrons. The monoisotopic (exact) mass is 209 g/mol. The highest BCUT2D eigenvalue weighted by atomic mass is 16.3. The maximum atomic E-state index is 9.11. The van der Waals surface area contributed by atoms with E-state index < -0.39 is 0 Å². The second-order valence-electron chi connectivity index (χ2n) is 3.82. The molecule has 1 heterocycles. The van der Waals surface area contributed by atoms with Crippen LogP contribution in [-0.4, -0.2) is 10.1 Å². The highest BCUT2D eigenvalue weighted by Gasteiger charge is 2.02. The molecule has 0 aliphatic carbocycles. The third kappa shape index (κ3) is 1.35. The van der Waals surface area contributed by atoms with Crippen LogP contribution >= 0.6 is 0 Å². The van der Waals surface area contributed by atoms with E-state index in [0.29, 0.717) is 5.69 Å². The molecule has 0 radical (unpaired) electrons. The Hall–Kier alpha value is -1.93. The topological polar surface area (TPSA) is 33.1 Å². The smallest absolute Gasteiger partial charge is 0.0853 e. The highest BCUT2D eigenvalue weighted by Crippen LogP contribution is 2.23. The Bertz CT molecular complexity index is 661. The van der Waals surface area contributed by atoms with Crippen molar-refractivity contribution >= 4 is 21.7 Å². The highest BCUT2D eigenvalue weighted by molar-refractivity contribution is 6.05. The van der Waals surface area contributed by atoms with E-state index in [0.717, 1.165) is 16.3 Å². The van der Waals surface area contributed by atoms with Gasteiger partial charge in [0.1, 0.15) is 0 Å². The van der Waals surface area contributed by atoms with Gasteiger partial charge in [-0.15, -0.1) is 0 Å². The largest absolute Gasteiger partial charge is 0.390 e. The van der Waals surface area contributed by atoms with Crippen LogP contribution in [0, 0.1) is 0 Å². The summed E-state index contributed by atoms with van der Waals surface area (Å²) in [4.78, 5) is 4.47. The molecule has 0 spiro atoms. The van der Waals surface area contributed by atoms with Crippen LogP contribution in [0.5, 0.6) is 0 Å². The number of aromatic nitrogens is 1. The molecule has 0 aliphatic heterocycles. The van der Waals surface area contributed by atoms with E-state index in [1.54, 1.807) is 0 Å². The fourth-order valence-corrected chi connectivity index (χ4v) is 1.99. The van der Waals surface area contributed by atoms with Crippen molar-refractivity contribution in [2.45, 2.75) is 6.61 Å². The van der Waals surface area contributed by atoms with Gasteiger partial charge in [-0.2, -0.15) is 0 Å². The summed E-state index contributed by atoms with van der Waals surface area (Å²) in [5.41, 5.74) is 1.67. The van der Waals surface area contributed by atoms with Crippen LogP contribution in [0.4, 0.5) is 0 Å². The van der Waals surface area contributed by atoms with Crippen molar-refractivity contribution in [3.8, 4) is 0 Å². The SMILES string of the molecule is OCc1ccc2ccc3ccccc3c2n1. The second kappa shape index (κ2) is 3.58. The zero-order chi connectivity index (χ0) is 11.0. The Morgan fingerprint density at radius 2 is 1.62 bits per heavy atom. The summed E-state index contributed by atoms with van der Waals surface area (Å²) in [5.74, 6) is 0. The Balaban J connectivity index is 2.47. The first-order chi connectivity index (χ1) is 7.88. The predicted molar refractivity (Wildman–Crippen MR) is 65.2 cm³/mol. The van der Waals surface area contributed by atoms with Crippen LogP contribution < -0.4 is 0 Å². The lowest BCUT2D eigenvalue weighted by molar-refractivity contribution is 0.277. The molecule has 0 bridgehead atoms. The van der Waals surface area contributed by atoms with Gasteiger partial charge >= 0.3 is 0 Å². The first-order valence-corrected chi connectivity index (χ1v) is 5.27. The molecule has 0 atom stereocenters. The van der Waals surface area contributed by atoms with Crippen molar-refractivity contribution in [2.75, 3.05) is 0 Å². The molecule has 2 nitrogen and oxygen atoms in total. The summed E-state index contributed by atoms with van der Waals surface area (Å²) < 4.78 is 0. The molecule has 2 aromatic carbocycles. The first kappa shape index (κ1) is 9.31. The minimum absolute atomic E-state index is 0.0147. The Morgan fingerprint density at radius 1 is 0.875 bits per heavy atom. The Morgan fingerprint density at radius 3 is 2.50 bits per heavy atom. The van der Waals surface area contributed by atoms with Gasteiger partial charge in [0.2, 0.25) is 0 Å².